The van der Waals surface area contributed by atoms with Gasteiger partial charge < -0.3 is 24.7 Å². The van der Waals surface area contributed by atoms with Crippen molar-refractivity contribution >= 4 is 140 Å². The minimum absolute atomic E-state index is 0. The van der Waals surface area contributed by atoms with Crippen LogP contribution >= 0.6 is 105 Å². The van der Waals surface area contributed by atoms with Crippen LogP contribution in [-0.4, -0.2) is 27.4 Å². The Labute approximate surface area is 352 Å². The van der Waals surface area contributed by atoms with Crippen LogP contribution in [0.4, 0.5) is 8.78 Å². The second kappa shape index (κ2) is 20.3. The van der Waals surface area contributed by atoms with E-state index in [9.17, 15) is 13.9 Å². The third-order valence-corrected chi connectivity index (χ3v) is 12.8. The molecule has 52 heavy (non-hydrogen) atoms. The lowest BCUT2D eigenvalue weighted by atomic mass is 9.80. The molecule has 6 aromatic carbocycles. The van der Waals surface area contributed by atoms with Crippen LogP contribution in [0.5, 0.6) is 11.5 Å². The molecule has 0 saturated heterocycles. The first-order valence-electron chi connectivity index (χ1n) is 14.3. The Bertz CT molecular complexity index is 2290. The molecule has 0 fully saturated rings. The first kappa shape index (κ1) is 44.0. The van der Waals surface area contributed by atoms with E-state index >= 15 is 0 Å². The summed E-state index contributed by atoms with van der Waals surface area (Å²) in [6, 6.07) is 29.6. The summed E-state index contributed by atoms with van der Waals surface area (Å²) in [6.07, 6.45) is 0. The van der Waals surface area contributed by atoms with Gasteiger partial charge in [0.1, 0.15) is 34.3 Å². The van der Waals surface area contributed by atoms with Crippen molar-refractivity contribution in [2.45, 2.75) is 7.43 Å². The van der Waals surface area contributed by atoms with Gasteiger partial charge in [0.2, 0.25) is 0 Å². The third-order valence-electron chi connectivity index (χ3n) is 6.85. The van der Waals surface area contributed by atoms with E-state index in [1.54, 1.807) is 36.4 Å². The smallest absolute Gasteiger partial charge is 0.491 e. The zero-order valence-corrected chi connectivity index (χ0v) is 34.8. The predicted octanol–water partition coefficient (Wildman–Crippen LogP) is 13.2. The second-order valence-corrected chi connectivity index (χ2v) is 14.8. The zero-order chi connectivity index (χ0) is 37.4. The molecule has 0 saturated carbocycles. The summed E-state index contributed by atoms with van der Waals surface area (Å²) in [5.74, 6) is -0.767. The number of hydrogen-bond acceptors (Lipinski definition) is 5. The molecular formula is C37H26BBr3Cl3F2IO5. The second-order valence-electron chi connectivity index (χ2n) is 10.2. The Morgan fingerprint density at radius 2 is 1.12 bits per heavy atom. The van der Waals surface area contributed by atoms with Gasteiger partial charge in [-0.25, -0.2) is 8.78 Å². The summed E-state index contributed by atoms with van der Waals surface area (Å²) in [5.41, 5.74) is 2.32. The Hall–Kier alpha value is -2.40. The molecule has 0 spiro atoms. The molecular weight excluding hydrogens is 1050 g/mol. The Morgan fingerprint density at radius 3 is 1.71 bits per heavy atom. The lowest BCUT2D eigenvalue weighted by Crippen LogP contribution is -2.32. The molecule has 0 bridgehead atoms. The molecule has 1 heterocycles. The highest BCUT2D eigenvalue weighted by Crippen LogP contribution is 2.41. The van der Waals surface area contributed by atoms with E-state index in [1.165, 1.54) is 36.4 Å². The van der Waals surface area contributed by atoms with Gasteiger partial charge in [-0.2, -0.15) is 0 Å². The van der Waals surface area contributed by atoms with Gasteiger partial charge in [-0.3, -0.25) is 0 Å². The van der Waals surface area contributed by atoms with E-state index in [0.717, 1.165) is 34.5 Å². The van der Waals surface area contributed by atoms with Crippen molar-refractivity contribution in [3.05, 3.63) is 153 Å². The molecule has 0 aliphatic rings. The van der Waals surface area contributed by atoms with Gasteiger partial charge in [0.25, 0.3) is 0 Å². The van der Waals surface area contributed by atoms with Crippen LogP contribution < -0.4 is 5.46 Å². The first-order chi connectivity index (χ1) is 24.2. The molecule has 270 valence electrons. The quantitative estimate of drug-likeness (QED) is 0.0786. The van der Waals surface area contributed by atoms with Crippen LogP contribution in [0.15, 0.2) is 127 Å². The minimum Gasteiger partial charge on any atom is -0.507 e. The van der Waals surface area contributed by atoms with Gasteiger partial charge in [0.15, 0.2) is 0 Å². The van der Waals surface area contributed by atoms with Crippen LogP contribution in [0, 0.1) is 15.2 Å². The summed E-state index contributed by atoms with van der Waals surface area (Å²) < 4.78 is 34.7. The molecule has 0 aliphatic carbocycles. The highest BCUT2D eigenvalue weighted by Gasteiger charge is 2.16. The van der Waals surface area contributed by atoms with Crippen LogP contribution in [0.1, 0.15) is 7.43 Å². The Kier molecular flexibility index (Phi) is 17.2. The van der Waals surface area contributed by atoms with E-state index in [1.807, 2.05) is 59.0 Å². The zero-order valence-electron chi connectivity index (χ0n) is 25.6. The maximum Gasteiger partial charge on any atom is 0.491 e. The summed E-state index contributed by atoms with van der Waals surface area (Å²) in [6.45, 7) is 0. The van der Waals surface area contributed by atoms with E-state index in [4.69, 9.17) is 54.4 Å². The number of phenolic OH excluding ortho intramolecular Hbond substituents is 2. The number of hydrogen-bond donors (Lipinski definition) is 4. The lowest BCUT2D eigenvalue weighted by Gasteiger charge is -2.09. The summed E-state index contributed by atoms with van der Waals surface area (Å²) >= 11 is 29.7. The largest absolute Gasteiger partial charge is 0.507 e. The van der Waals surface area contributed by atoms with Crippen LogP contribution in [0.2, 0.25) is 15.1 Å². The molecule has 4 N–H and O–H groups in total. The van der Waals surface area contributed by atoms with Gasteiger partial charge in [0, 0.05) is 36.3 Å². The van der Waals surface area contributed by atoms with Crippen molar-refractivity contribution in [3.63, 3.8) is 0 Å². The number of aromatic hydroxyl groups is 2. The number of phenols is 2. The van der Waals surface area contributed by atoms with E-state index < -0.39 is 18.8 Å². The SMILES string of the molecule is C.Clc1ccc2oc3ccccc3c2c1Br.OB(O)c1ccccc1F.Oc1ccc(Cl)c(Br)c1-c1ccccc1F.Oc1ccc(Cl)c(Br)c1I. The highest BCUT2D eigenvalue weighted by molar-refractivity contribution is 14.1. The molecule has 0 unspecified atom stereocenters. The maximum absolute atomic E-state index is 13.6. The van der Waals surface area contributed by atoms with E-state index in [-0.39, 0.29) is 24.4 Å². The molecule has 0 radical (unpaired) electrons. The molecule has 0 atom stereocenters. The monoisotopic (exact) mass is 1070 g/mol. The van der Waals surface area contributed by atoms with Crippen molar-refractivity contribution in [2.75, 3.05) is 0 Å². The molecule has 1 aromatic heterocycles. The van der Waals surface area contributed by atoms with Gasteiger partial charge >= 0.3 is 7.12 Å². The highest BCUT2D eigenvalue weighted by atomic mass is 127. The van der Waals surface area contributed by atoms with Crippen molar-refractivity contribution < 1.29 is 33.5 Å². The third kappa shape index (κ3) is 10.9. The van der Waals surface area contributed by atoms with Crippen molar-refractivity contribution in [3.8, 4) is 22.6 Å². The van der Waals surface area contributed by atoms with Crippen molar-refractivity contribution in [1.29, 1.82) is 0 Å². The van der Waals surface area contributed by atoms with Crippen LogP contribution in [0.25, 0.3) is 33.1 Å². The fourth-order valence-corrected chi connectivity index (χ4v) is 6.94. The van der Waals surface area contributed by atoms with E-state index in [0.29, 0.717) is 30.7 Å². The number of rotatable bonds is 2. The Balaban J connectivity index is 0.000000190. The van der Waals surface area contributed by atoms with Gasteiger partial charge in [-0.1, -0.05) is 96.8 Å². The average molecular weight is 1070 g/mol. The van der Waals surface area contributed by atoms with Crippen molar-refractivity contribution in [2.24, 2.45) is 0 Å². The number of fused-ring (bicyclic) bond motifs is 3. The molecule has 0 amide bonds. The summed E-state index contributed by atoms with van der Waals surface area (Å²) in [7, 11) is -1.72. The summed E-state index contributed by atoms with van der Waals surface area (Å²) in [4.78, 5) is 0. The minimum atomic E-state index is -1.72. The number of halogens is 9. The van der Waals surface area contributed by atoms with Gasteiger partial charge in [0.05, 0.1) is 23.1 Å². The Morgan fingerprint density at radius 1 is 0.596 bits per heavy atom. The van der Waals surface area contributed by atoms with E-state index in [2.05, 4.69) is 47.8 Å². The van der Waals surface area contributed by atoms with Gasteiger partial charge in [-0.05, 0) is 125 Å². The normalized spacial score (nSPS) is 10.2. The summed E-state index contributed by atoms with van der Waals surface area (Å²) in [5, 5.41) is 39.8. The number of para-hydroxylation sites is 1. The number of benzene rings is 6. The van der Waals surface area contributed by atoms with Crippen molar-refractivity contribution in [1.82, 2.24) is 0 Å². The molecule has 15 heteroatoms. The molecule has 0 aliphatic heterocycles. The average Bonchev–Trinajstić information content (AvgIpc) is 3.50. The number of furan rings is 1. The lowest BCUT2D eigenvalue weighted by molar-refractivity contribution is 0.423. The van der Waals surface area contributed by atoms with Crippen LogP contribution in [-0.2, 0) is 0 Å². The molecule has 7 rings (SSSR count). The molecule has 7 aromatic rings. The fraction of sp³-hybridized carbons (Fsp3) is 0.0270. The van der Waals surface area contributed by atoms with Gasteiger partial charge in [-0.15, -0.1) is 0 Å². The predicted molar refractivity (Wildman–Crippen MR) is 229 cm³/mol. The topological polar surface area (TPSA) is 94.1 Å². The first-order valence-corrected chi connectivity index (χ1v) is 18.9. The maximum atomic E-state index is 13.6. The fourth-order valence-electron chi connectivity index (χ4n) is 4.41. The standard InChI is InChI=1S/C12H7BrClFO.C12H6BrClO.C6H6BFO2.C6H3BrClIO.CH4/c13-12-8(14)5-6-10(16)11(12)7-3-1-2-4-9(7)15;13-12-8(14)5-6-10-11(12)7-3-1-2-4-9(7)15-10;8-6-4-2-1-3-5(6)7(9)10;7-5-3(8)1-2-4(10)6(5)9;/h1-6,16H;1-6H;1-4,9-10H;1-2,10H;1H4. The van der Waals surface area contributed by atoms with Crippen LogP contribution in [0.3, 0.4) is 0 Å². The molecule has 5 nitrogen and oxygen atoms in total.